The van der Waals surface area contributed by atoms with E-state index in [2.05, 4.69) is 26.0 Å². The molecule has 0 radical (unpaired) electrons. The first-order valence-electron chi connectivity index (χ1n) is 9.14. The summed E-state index contributed by atoms with van der Waals surface area (Å²) in [6.45, 7) is 1.52. The van der Waals surface area contributed by atoms with Crippen LogP contribution in [0.4, 0.5) is 5.13 Å². The van der Waals surface area contributed by atoms with Gasteiger partial charge in [-0.25, -0.2) is 4.98 Å². The van der Waals surface area contributed by atoms with Crippen molar-refractivity contribution in [1.82, 2.24) is 19.7 Å². The maximum absolute atomic E-state index is 11.5. The van der Waals surface area contributed by atoms with Gasteiger partial charge in [0.25, 0.3) is 0 Å². The fourth-order valence-electron chi connectivity index (χ4n) is 3.85. The van der Waals surface area contributed by atoms with Crippen LogP contribution in [0.15, 0.2) is 29.4 Å². The summed E-state index contributed by atoms with van der Waals surface area (Å²) in [5, 5.41) is 8.57. The zero-order valence-electron chi connectivity index (χ0n) is 14.9. The number of pyridine rings is 1. The SMILES string of the molecule is CC(=O)Nc1nc2c(s1)-c1c(c(-c3cccnc3)nn1C1CCCC1)SC2. The molecular formula is C19H19N5OS2. The van der Waals surface area contributed by atoms with Gasteiger partial charge in [0.2, 0.25) is 5.91 Å². The van der Waals surface area contributed by atoms with E-state index in [1.165, 1.54) is 30.4 Å². The average Bonchev–Trinajstić information content (AvgIpc) is 3.38. The molecule has 27 heavy (non-hydrogen) atoms. The van der Waals surface area contributed by atoms with Crippen LogP contribution in [0, 0.1) is 0 Å². The summed E-state index contributed by atoms with van der Waals surface area (Å²) < 4.78 is 2.23. The van der Waals surface area contributed by atoms with Gasteiger partial charge >= 0.3 is 0 Å². The van der Waals surface area contributed by atoms with Crippen LogP contribution in [0.25, 0.3) is 21.8 Å². The normalized spacial score (nSPS) is 16.2. The number of rotatable bonds is 3. The molecule has 0 spiro atoms. The van der Waals surface area contributed by atoms with Gasteiger partial charge in [0.05, 0.1) is 27.2 Å². The number of aromatic nitrogens is 4. The van der Waals surface area contributed by atoms with E-state index < -0.39 is 0 Å². The Kier molecular flexibility index (Phi) is 4.24. The number of amides is 1. The second-order valence-electron chi connectivity index (χ2n) is 6.92. The molecule has 0 unspecified atom stereocenters. The van der Waals surface area contributed by atoms with E-state index in [1.807, 2.05) is 12.3 Å². The van der Waals surface area contributed by atoms with E-state index in [4.69, 9.17) is 5.10 Å². The molecule has 1 saturated carbocycles. The highest BCUT2D eigenvalue weighted by Crippen LogP contribution is 2.51. The zero-order valence-corrected chi connectivity index (χ0v) is 16.6. The molecule has 3 aromatic heterocycles. The lowest BCUT2D eigenvalue weighted by atomic mass is 10.1. The number of nitrogens with one attached hydrogen (secondary N) is 1. The van der Waals surface area contributed by atoms with Gasteiger partial charge in [-0.05, 0) is 25.0 Å². The van der Waals surface area contributed by atoms with Crippen molar-refractivity contribution in [1.29, 1.82) is 0 Å². The van der Waals surface area contributed by atoms with E-state index in [0.717, 1.165) is 40.4 Å². The Balaban J connectivity index is 1.68. The van der Waals surface area contributed by atoms with Crippen molar-refractivity contribution in [2.24, 2.45) is 0 Å². The van der Waals surface area contributed by atoms with Crippen molar-refractivity contribution < 1.29 is 4.79 Å². The Morgan fingerprint density at radius 1 is 1.33 bits per heavy atom. The van der Waals surface area contributed by atoms with Crippen molar-refractivity contribution in [3.63, 3.8) is 0 Å². The molecule has 138 valence electrons. The molecular weight excluding hydrogens is 378 g/mol. The number of thioether (sulfide) groups is 1. The molecule has 6 nitrogen and oxygen atoms in total. The Labute approximate surface area is 165 Å². The highest BCUT2D eigenvalue weighted by atomic mass is 32.2. The van der Waals surface area contributed by atoms with Crippen molar-refractivity contribution in [3.8, 4) is 21.8 Å². The molecule has 5 rings (SSSR count). The monoisotopic (exact) mass is 397 g/mol. The number of nitrogens with zero attached hydrogens (tertiary/aromatic N) is 4. The first-order chi connectivity index (χ1) is 13.2. The number of thiazole rings is 1. The number of anilines is 1. The third-order valence-electron chi connectivity index (χ3n) is 5.02. The van der Waals surface area contributed by atoms with Crippen molar-refractivity contribution in [3.05, 3.63) is 30.2 Å². The minimum Gasteiger partial charge on any atom is -0.302 e. The Morgan fingerprint density at radius 3 is 2.93 bits per heavy atom. The number of carbonyl (C=O) groups is 1. The van der Waals surface area contributed by atoms with Crippen LogP contribution < -0.4 is 5.32 Å². The van der Waals surface area contributed by atoms with Crippen LogP contribution in [0.2, 0.25) is 0 Å². The summed E-state index contributed by atoms with van der Waals surface area (Å²) in [5.74, 6) is 0.705. The van der Waals surface area contributed by atoms with Gasteiger partial charge in [-0.2, -0.15) is 5.10 Å². The summed E-state index contributed by atoms with van der Waals surface area (Å²) in [4.78, 5) is 22.7. The quantitative estimate of drug-likeness (QED) is 0.690. The van der Waals surface area contributed by atoms with Crippen LogP contribution in [-0.2, 0) is 10.5 Å². The minimum absolute atomic E-state index is 0.0886. The van der Waals surface area contributed by atoms with Crippen molar-refractivity contribution >= 4 is 34.1 Å². The summed E-state index contributed by atoms with van der Waals surface area (Å²) >= 11 is 3.34. The van der Waals surface area contributed by atoms with Gasteiger partial charge in [-0.15, -0.1) is 11.8 Å². The third-order valence-corrected chi connectivity index (χ3v) is 7.13. The van der Waals surface area contributed by atoms with E-state index in [9.17, 15) is 4.79 Å². The van der Waals surface area contributed by atoms with Gasteiger partial charge in [0, 0.05) is 30.6 Å². The van der Waals surface area contributed by atoms with Gasteiger partial charge in [0.15, 0.2) is 5.13 Å². The molecule has 0 saturated heterocycles. The number of hydrogen-bond acceptors (Lipinski definition) is 6. The lowest BCUT2D eigenvalue weighted by Crippen LogP contribution is -2.09. The highest BCUT2D eigenvalue weighted by molar-refractivity contribution is 7.99. The van der Waals surface area contributed by atoms with E-state index in [0.29, 0.717) is 11.2 Å². The first kappa shape index (κ1) is 16.9. The lowest BCUT2D eigenvalue weighted by molar-refractivity contribution is -0.114. The molecule has 0 bridgehead atoms. The predicted octanol–water partition coefficient (Wildman–Crippen LogP) is 4.75. The van der Waals surface area contributed by atoms with E-state index in [-0.39, 0.29) is 5.91 Å². The fourth-order valence-corrected chi connectivity index (χ4v) is 6.19. The Morgan fingerprint density at radius 2 is 2.19 bits per heavy atom. The number of carbonyl (C=O) groups excluding carboxylic acids is 1. The van der Waals surface area contributed by atoms with Crippen LogP contribution in [0.1, 0.15) is 44.3 Å². The molecule has 1 fully saturated rings. The van der Waals surface area contributed by atoms with E-state index >= 15 is 0 Å². The Hall–Kier alpha value is -2.19. The molecule has 1 aliphatic carbocycles. The first-order valence-corrected chi connectivity index (χ1v) is 10.9. The fraction of sp³-hybridized carbons (Fsp3) is 0.368. The predicted molar refractivity (Wildman–Crippen MR) is 108 cm³/mol. The summed E-state index contributed by atoms with van der Waals surface area (Å²) in [6, 6.07) is 4.46. The standard InChI is InChI=1S/C19H19N5OS2/c1-11(25)21-19-22-14-10-26-18-15(12-5-4-8-20-9-12)23-24(13-6-2-3-7-13)16(18)17(14)27-19/h4-5,8-9,13H,2-3,6-7,10H2,1H3,(H,21,22,25). The largest absolute Gasteiger partial charge is 0.302 e. The third kappa shape index (κ3) is 2.96. The van der Waals surface area contributed by atoms with Crippen molar-refractivity contribution in [2.75, 3.05) is 5.32 Å². The van der Waals surface area contributed by atoms with Crippen LogP contribution in [0.3, 0.4) is 0 Å². The van der Waals surface area contributed by atoms with Gasteiger partial charge in [-0.1, -0.05) is 24.2 Å². The molecule has 0 atom stereocenters. The van der Waals surface area contributed by atoms with E-state index in [1.54, 1.807) is 29.3 Å². The molecule has 0 aromatic carbocycles. The van der Waals surface area contributed by atoms with Gasteiger partial charge in [0.1, 0.15) is 5.69 Å². The molecule has 8 heteroatoms. The molecule has 3 aromatic rings. The molecule has 2 aliphatic rings. The smallest absolute Gasteiger partial charge is 0.223 e. The summed E-state index contributed by atoms with van der Waals surface area (Å²) in [7, 11) is 0. The number of hydrogen-bond donors (Lipinski definition) is 1. The average molecular weight is 398 g/mol. The van der Waals surface area contributed by atoms with Crippen LogP contribution in [0.5, 0.6) is 0 Å². The summed E-state index contributed by atoms with van der Waals surface area (Å²) in [6.07, 6.45) is 8.50. The molecule has 1 aliphatic heterocycles. The molecule has 1 amide bonds. The minimum atomic E-state index is -0.0886. The maximum Gasteiger partial charge on any atom is 0.223 e. The van der Waals surface area contributed by atoms with Gasteiger partial charge in [-0.3, -0.25) is 14.5 Å². The maximum atomic E-state index is 11.5. The highest BCUT2D eigenvalue weighted by Gasteiger charge is 2.33. The van der Waals surface area contributed by atoms with Crippen LogP contribution >= 0.6 is 23.1 Å². The second-order valence-corrected chi connectivity index (χ2v) is 8.90. The van der Waals surface area contributed by atoms with Crippen molar-refractivity contribution in [2.45, 2.75) is 49.3 Å². The number of fused-ring (bicyclic) bond motifs is 3. The topological polar surface area (TPSA) is 72.7 Å². The lowest BCUT2D eigenvalue weighted by Gasteiger charge is -2.17. The van der Waals surface area contributed by atoms with Gasteiger partial charge < -0.3 is 5.32 Å². The second kappa shape index (κ2) is 6.76. The molecule has 4 heterocycles. The summed E-state index contributed by atoms with van der Waals surface area (Å²) in [5.41, 5.74) is 4.27. The Bertz CT molecular complexity index is 1000. The van der Waals surface area contributed by atoms with Crippen LogP contribution in [-0.4, -0.2) is 25.7 Å². The molecule has 1 N–H and O–H groups in total. The zero-order chi connectivity index (χ0) is 18.4.